The minimum absolute atomic E-state index is 0.530. The first kappa shape index (κ1) is 12.0. The average molecular weight is 230 g/mol. The van der Waals surface area contributed by atoms with E-state index in [1.807, 2.05) is 6.20 Å². The first-order valence-corrected chi connectivity index (χ1v) is 6.61. The van der Waals surface area contributed by atoms with Gasteiger partial charge in [0.05, 0.1) is 0 Å². The van der Waals surface area contributed by atoms with E-state index in [0.717, 1.165) is 12.8 Å². The molecule has 0 fully saturated rings. The van der Waals surface area contributed by atoms with E-state index in [4.69, 9.17) is 0 Å². The molecule has 1 aromatic carbocycles. The van der Waals surface area contributed by atoms with Crippen molar-refractivity contribution in [3.8, 4) is 0 Å². The summed E-state index contributed by atoms with van der Waals surface area (Å²) < 4.78 is 0. The van der Waals surface area contributed by atoms with Gasteiger partial charge in [-0.2, -0.15) is 0 Å². The molecule has 2 nitrogen and oxygen atoms in total. The molecule has 92 valence electrons. The highest BCUT2D eigenvalue weighted by molar-refractivity contribution is 5.88. The lowest BCUT2D eigenvalue weighted by atomic mass is 10.0. The maximum absolute atomic E-state index is 3.61. The maximum Gasteiger partial charge on any atom is 0.0458 e. The molecule has 1 aromatic heterocycles. The molecule has 0 aliphatic carbocycles. The second-order valence-electron chi connectivity index (χ2n) is 4.73. The lowest BCUT2D eigenvalue weighted by Crippen LogP contribution is -2.14. The number of hydrogen-bond donors (Lipinski definition) is 2. The molecule has 0 saturated heterocycles. The van der Waals surface area contributed by atoms with Crippen molar-refractivity contribution in [1.29, 1.82) is 0 Å². The summed E-state index contributed by atoms with van der Waals surface area (Å²) in [6.07, 6.45) is 5.49. The quantitative estimate of drug-likeness (QED) is 0.786. The number of nitrogens with one attached hydrogen (secondary N) is 2. The molecule has 17 heavy (non-hydrogen) atoms. The van der Waals surface area contributed by atoms with Gasteiger partial charge in [0.1, 0.15) is 0 Å². The molecule has 2 N–H and O–H groups in total. The Bertz CT molecular complexity index is 485. The Labute approximate surface area is 103 Å². The highest BCUT2D eigenvalue weighted by Gasteiger charge is 2.09. The van der Waals surface area contributed by atoms with Crippen LogP contribution in [0.5, 0.6) is 0 Å². The summed E-state index contributed by atoms with van der Waals surface area (Å²) >= 11 is 0. The third kappa shape index (κ3) is 2.46. The van der Waals surface area contributed by atoms with E-state index in [9.17, 15) is 0 Å². The monoisotopic (exact) mass is 230 g/mol. The minimum atomic E-state index is 0.530. The Hall–Kier alpha value is -1.44. The number of aromatic nitrogens is 1. The molecular formula is C15H22N2. The highest BCUT2D eigenvalue weighted by Crippen LogP contribution is 2.27. The van der Waals surface area contributed by atoms with Gasteiger partial charge >= 0.3 is 0 Å². The lowest BCUT2D eigenvalue weighted by Gasteiger charge is -2.17. The first-order valence-electron chi connectivity index (χ1n) is 6.61. The maximum atomic E-state index is 3.61. The van der Waals surface area contributed by atoms with Crippen LogP contribution in [0.15, 0.2) is 24.4 Å². The number of aromatic amines is 1. The Balaban J connectivity index is 2.42. The van der Waals surface area contributed by atoms with Crippen LogP contribution in [0, 0.1) is 0 Å². The molecule has 0 aliphatic rings. The average Bonchev–Trinajstić information content (AvgIpc) is 2.80. The molecule has 2 aromatic rings. The van der Waals surface area contributed by atoms with Gasteiger partial charge in [-0.05, 0) is 43.5 Å². The fourth-order valence-corrected chi connectivity index (χ4v) is 2.22. The first-order chi connectivity index (χ1) is 8.26. The van der Waals surface area contributed by atoms with Gasteiger partial charge in [0.2, 0.25) is 0 Å². The molecule has 1 atom stereocenters. The van der Waals surface area contributed by atoms with Crippen molar-refractivity contribution in [2.75, 3.05) is 5.32 Å². The summed E-state index contributed by atoms with van der Waals surface area (Å²) in [5, 5.41) is 4.97. The predicted octanol–water partition coefficient (Wildman–Crippen LogP) is 4.33. The van der Waals surface area contributed by atoms with E-state index in [0.29, 0.717) is 6.04 Å². The van der Waals surface area contributed by atoms with Crippen molar-refractivity contribution >= 4 is 16.6 Å². The number of anilines is 1. The van der Waals surface area contributed by atoms with Gasteiger partial charge in [-0.25, -0.2) is 0 Å². The van der Waals surface area contributed by atoms with Crippen molar-refractivity contribution in [1.82, 2.24) is 4.98 Å². The topological polar surface area (TPSA) is 27.8 Å². The molecule has 2 rings (SSSR count). The lowest BCUT2D eigenvalue weighted by molar-refractivity contribution is 0.761. The molecule has 0 radical (unpaired) electrons. The van der Waals surface area contributed by atoms with E-state index in [2.05, 4.69) is 49.3 Å². The summed E-state index contributed by atoms with van der Waals surface area (Å²) in [4.78, 5) is 3.29. The van der Waals surface area contributed by atoms with Crippen LogP contribution in [-0.2, 0) is 6.42 Å². The second-order valence-corrected chi connectivity index (χ2v) is 4.73. The summed E-state index contributed by atoms with van der Waals surface area (Å²) in [6, 6.07) is 7.08. The zero-order valence-corrected chi connectivity index (χ0v) is 11.0. The molecular weight excluding hydrogens is 208 g/mol. The SMILES string of the molecule is CCCc1c(NC(C)CC)ccc2[nH]ccc12. The van der Waals surface area contributed by atoms with E-state index < -0.39 is 0 Å². The van der Waals surface area contributed by atoms with Crippen LogP contribution < -0.4 is 5.32 Å². The van der Waals surface area contributed by atoms with Crippen LogP contribution in [0.3, 0.4) is 0 Å². The summed E-state index contributed by atoms with van der Waals surface area (Å²) in [7, 11) is 0. The molecule has 0 amide bonds. The van der Waals surface area contributed by atoms with Gasteiger partial charge in [-0.3, -0.25) is 0 Å². The standard InChI is InChI=1S/C15H22N2/c1-4-6-12-13-9-10-16-14(13)7-8-15(12)17-11(3)5-2/h7-11,16-17H,4-6H2,1-3H3. The molecule has 0 aliphatic heterocycles. The highest BCUT2D eigenvalue weighted by atomic mass is 14.9. The Morgan fingerprint density at radius 2 is 2.06 bits per heavy atom. The summed E-state index contributed by atoms with van der Waals surface area (Å²) in [5.74, 6) is 0. The zero-order chi connectivity index (χ0) is 12.3. The van der Waals surface area contributed by atoms with E-state index in [-0.39, 0.29) is 0 Å². The smallest absolute Gasteiger partial charge is 0.0458 e. The van der Waals surface area contributed by atoms with Gasteiger partial charge in [0, 0.05) is 28.8 Å². The van der Waals surface area contributed by atoms with Crippen molar-refractivity contribution in [3.63, 3.8) is 0 Å². The minimum Gasteiger partial charge on any atom is -0.382 e. The fraction of sp³-hybridized carbons (Fsp3) is 0.467. The van der Waals surface area contributed by atoms with Crippen LogP contribution >= 0.6 is 0 Å². The van der Waals surface area contributed by atoms with Crippen LogP contribution in [0.25, 0.3) is 10.9 Å². The van der Waals surface area contributed by atoms with E-state index in [1.54, 1.807) is 0 Å². The number of hydrogen-bond acceptors (Lipinski definition) is 1. The second kappa shape index (κ2) is 5.26. The number of rotatable bonds is 5. The van der Waals surface area contributed by atoms with Gasteiger partial charge in [-0.1, -0.05) is 20.3 Å². The van der Waals surface area contributed by atoms with Crippen molar-refractivity contribution < 1.29 is 0 Å². The molecule has 1 unspecified atom stereocenters. The fourth-order valence-electron chi connectivity index (χ4n) is 2.22. The van der Waals surface area contributed by atoms with Crippen molar-refractivity contribution in [3.05, 3.63) is 30.0 Å². The van der Waals surface area contributed by atoms with Crippen LogP contribution in [0.1, 0.15) is 39.2 Å². The summed E-state index contributed by atoms with van der Waals surface area (Å²) in [6.45, 7) is 6.68. The summed E-state index contributed by atoms with van der Waals surface area (Å²) in [5.41, 5.74) is 3.99. The molecule has 0 spiro atoms. The van der Waals surface area contributed by atoms with Gasteiger partial charge in [0.15, 0.2) is 0 Å². The van der Waals surface area contributed by atoms with Gasteiger partial charge in [0.25, 0.3) is 0 Å². The Morgan fingerprint density at radius 1 is 1.24 bits per heavy atom. The number of H-pyrrole nitrogens is 1. The molecule has 2 heteroatoms. The van der Waals surface area contributed by atoms with Crippen molar-refractivity contribution in [2.24, 2.45) is 0 Å². The Morgan fingerprint density at radius 3 is 2.76 bits per heavy atom. The molecule has 0 saturated carbocycles. The Kier molecular flexibility index (Phi) is 3.72. The normalized spacial score (nSPS) is 12.9. The van der Waals surface area contributed by atoms with Crippen LogP contribution in [-0.4, -0.2) is 11.0 Å². The van der Waals surface area contributed by atoms with E-state index in [1.165, 1.54) is 28.6 Å². The third-order valence-corrected chi connectivity index (χ3v) is 3.36. The zero-order valence-electron chi connectivity index (χ0n) is 11.0. The number of aryl methyl sites for hydroxylation is 1. The number of benzene rings is 1. The molecule has 1 heterocycles. The number of fused-ring (bicyclic) bond motifs is 1. The van der Waals surface area contributed by atoms with Crippen LogP contribution in [0.4, 0.5) is 5.69 Å². The van der Waals surface area contributed by atoms with Crippen LogP contribution in [0.2, 0.25) is 0 Å². The van der Waals surface area contributed by atoms with Crippen molar-refractivity contribution in [2.45, 2.75) is 46.1 Å². The van der Waals surface area contributed by atoms with E-state index >= 15 is 0 Å². The molecule has 0 bridgehead atoms. The predicted molar refractivity (Wildman–Crippen MR) is 75.7 cm³/mol. The van der Waals surface area contributed by atoms with Gasteiger partial charge in [-0.15, -0.1) is 0 Å². The third-order valence-electron chi connectivity index (χ3n) is 3.36. The largest absolute Gasteiger partial charge is 0.382 e. The van der Waals surface area contributed by atoms with Gasteiger partial charge < -0.3 is 10.3 Å².